The lowest BCUT2D eigenvalue weighted by Gasteiger charge is -2.13. The van der Waals surface area contributed by atoms with Crippen LogP contribution in [0.3, 0.4) is 0 Å². The van der Waals surface area contributed by atoms with Gasteiger partial charge in [0.1, 0.15) is 0 Å². The molecule has 0 radical (unpaired) electrons. The first kappa shape index (κ1) is 24.7. The topological polar surface area (TPSA) is 93.1 Å². The molecule has 0 saturated carbocycles. The Morgan fingerprint density at radius 3 is 2.33 bits per heavy atom. The molecule has 7 nitrogen and oxygen atoms in total. The molecule has 3 aromatic rings. The molecule has 1 aromatic heterocycles. The number of nitrogens with one attached hydrogen (secondary N) is 2. The second-order valence-corrected chi connectivity index (χ2v) is 10.1. The number of sulfonamides is 1. The van der Waals surface area contributed by atoms with Gasteiger partial charge < -0.3 is 5.32 Å². The zero-order valence-electron chi connectivity index (χ0n) is 19.7. The van der Waals surface area contributed by atoms with Crippen LogP contribution in [0, 0.1) is 27.7 Å². The first-order valence-electron chi connectivity index (χ1n) is 11.1. The predicted molar refractivity (Wildman–Crippen MR) is 130 cm³/mol. The number of nitrogens with zero attached hydrogens (tertiary/aromatic N) is 2. The molecule has 0 unspecified atom stereocenters. The Kier molecular flexibility index (Phi) is 8.05. The van der Waals surface area contributed by atoms with Crippen molar-refractivity contribution in [2.24, 2.45) is 0 Å². The van der Waals surface area contributed by atoms with Gasteiger partial charge in [-0.15, -0.1) is 0 Å². The van der Waals surface area contributed by atoms with Gasteiger partial charge in [-0.1, -0.05) is 35.9 Å². The molecule has 0 spiro atoms. The summed E-state index contributed by atoms with van der Waals surface area (Å²) in [5.74, 6) is -0.174. The molecule has 0 bridgehead atoms. The molecule has 0 aliphatic carbocycles. The second kappa shape index (κ2) is 10.8. The maximum atomic E-state index is 12.7. The van der Waals surface area contributed by atoms with Crippen molar-refractivity contribution >= 4 is 15.9 Å². The number of rotatable bonds is 10. The Hall–Kier alpha value is -2.97. The average Bonchev–Trinajstić information content (AvgIpc) is 3.11. The summed E-state index contributed by atoms with van der Waals surface area (Å²) in [5.41, 5.74) is 5.56. The molecule has 0 aliphatic rings. The van der Waals surface area contributed by atoms with Crippen LogP contribution in [-0.2, 0) is 21.2 Å². The van der Waals surface area contributed by atoms with E-state index in [9.17, 15) is 13.2 Å². The maximum absolute atomic E-state index is 12.7. The first-order valence-corrected chi connectivity index (χ1v) is 12.6. The molecule has 8 heteroatoms. The molecule has 33 heavy (non-hydrogen) atoms. The molecule has 0 saturated heterocycles. The second-order valence-electron chi connectivity index (χ2n) is 8.35. The summed E-state index contributed by atoms with van der Waals surface area (Å²) in [6.07, 6.45) is 3.70. The zero-order chi connectivity index (χ0) is 24.0. The van der Waals surface area contributed by atoms with Crippen LogP contribution in [0.5, 0.6) is 0 Å². The van der Waals surface area contributed by atoms with Crippen molar-refractivity contribution in [1.82, 2.24) is 19.8 Å². The molecule has 0 aliphatic heterocycles. The fourth-order valence-electron chi connectivity index (χ4n) is 4.01. The van der Waals surface area contributed by atoms with Crippen molar-refractivity contribution in [1.29, 1.82) is 0 Å². The Balaban J connectivity index is 1.42. The SMILES string of the molecule is Cc1cc(C)c(S(=O)(=O)NCCC(=O)NCCCc2cn(-c3ccccc3)nc2C)c(C)c1. The number of para-hydroxylation sites is 1. The van der Waals surface area contributed by atoms with Crippen LogP contribution in [0.1, 0.15) is 40.8 Å². The molecule has 3 rings (SSSR count). The number of carbonyl (C=O) groups excluding carboxylic acids is 1. The maximum Gasteiger partial charge on any atom is 0.241 e. The Morgan fingerprint density at radius 2 is 1.67 bits per heavy atom. The molecular formula is C25H32N4O3S. The number of aromatic nitrogens is 2. The highest BCUT2D eigenvalue weighted by Crippen LogP contribution is 2.21. The van der Waals surface area contributed by atoms with Gasteiger partial charge in [-0.25, -0.2) is 17.8 Å². The smallest absolute Gasteiger partial charge is 0.241 e. The van der Waals surface area contributed by atoms with E-state index in [1.165, 1.54) is 0 Å². The van der Waals surface area contributed by atoms with E-state index in [0.29, 0.717) is 22.6 Å². The summed E-state index contributed by atoms with van der Waals surface area (Å²) in [4.78, 5) is 12.4. The van der Waals surface area contributed by atoms with Crippen LogP contribution in [0.2, 0.25) is 0 Å². The third-order valence-corrected chi connectivity index (χ3v) is 7.25. The summed E-state index contributed by atoms with van der Waals surface area (Å²) < 4.78 is 29.8. The lowest BCUT2D eigenvalue weighted by molar-refractivity contribution is -0.120. The van der Waals surface area contributed by atoms with E-state index in [-0.39, 0.29) is 18.9 Å². The van der Waals surface area contributed by atoms with Crippen LogP contribution >= 0.6 is 0 Å². The molecule has 0 atom stereocenters. The van der Waals surface area contributed by atoms with Gasteiger partial charge in [-0.05, 0) is 69.4 Å². The lowest BCUT2D eigenvalue weighted by Crippen LogP contribution is -2.32. The summed E-state index contributed by atoms with van der Waals surface area (Å²) in [6, 6.07) is 13.6. The van der Waals surface area contributed by atoms with Crippen molar-refractivity contribution in [3.63, 3.8) is 0 Å². The first-order chi connectivity index (χ1) is 15.7. The third-order valence-electron chi connectivity index (χ3n) is 5.48. The fourth-order valence-corrected chi connectivity index (χ4v) is 5.49. The van der Waals surface area contributed by atoms with Gasteiger partial charge in [0.2, 0.25) is 15.9 Å². The normalized spacial score (nSPS) is 11.5. The van der Waals surface area contributed by atoms with Gasteiger partial charge >= 0.3 is 0 Å². The largest absolute Gasteiger partial charge is 0.356 e. The number of hydrogen-bond donors (Lipinski definition) is 2. The number of benzene rings is 2. The highest BCUT2D eigenvalue weighted by molar-refractivity contribution is 7.89. The van der Waals surface area contributed by atoms with E-state index in [2.05, 4.69) is 15.1 Å². The lowest BCUT2D eigenvalue weighted by atomic mass is 10.1. The number of carbonyl (C=O) groups is 1. The molecular weight excluding hydrogens is 436 g/mol. The highest BCUT2D eigenvalue weighted by Gasteiger charge is 2.19. The van der Waals surface area contributed by atoms with E-state index in [1.54, 1.807) is 13.8 Å². The molecule has 2 aromatic carbocycles. The summed E-state index contributed by atoms with van der Waals surface area (Å²) in [7, 11) is -3.66. The van der Waals surface area contributed by atoms with Crippen LogP contribution in [0.4, 0.5) is 0 Å². The van der Waals surface area contributed by atoms with Gasteiger partial charge in [0.05, 0.1) is 16.3 Å². The van der Waals surface area contributed by atoms with E-state index >= 15 is 0 Å². The minimum absolute atomic E-state index is 0.0594. The van der Waals surface area contributed by atoms with Crippen molar-refractivity contribution in [2.45, 2.75) is 51.9 Å². The highest BCUT2D eigenvalue weighted by atomic mass is 32.2. The minimum atomic E-state index is -3.66. The number of amides is 1. The predicted octanol–water partition coefficient (Wildman–Crippen LogP) is 3.52. The van der Waals surface area contributed by atoms with E-state index < -0.39 is 10.0 Å². The van der Waals surface area contributed by atoms with E-state index in [4.69, 9.17) is 0 Å². The molecule has 1 amide bonds. The van der Waals surface area contributed by atoms with Gasteiger partial charge in [0.25, 0.3) is 0 Å². The van der Waals surface area contributed by atoms with E-state index in [1.807, 2.05) is 67.2 Å². The molecule has 0 fully saturated rings. The Morgan fingerprint density at radius 1 is 1.00 bits per heavy atom. The van der Waals surface area contributed by atoms with Crippen LogP contribution in [-0.4, -0.2) is 37.2 Å². The number of aryl methyl sites for hydroxylation is 5. The molecule has 2 N–H and O–H groups in total. The van der Waals surface area contributed by atoms with Crippen LogP contribution in [0.15, 0.2) is 53.6 Å². The van der Waals surface area contributed by atoms with Gasteiger partial charge in [0.15, 0.2) is 0 Å². The summed E-state index contributed by atoms with van der Waals surface area (Å²) >= 11 is 0. The minimum Gasteiger partial charge on any atom is -0.356 e. The van der Waals surface area contributed by atoms with Crippen molar-refractivity contribution in [2.75, 3.05) is 13.1 Å². The standard InChI is InChI=1S/C25H32N4O3S/c1-18-15-19(2)25(20(3)16-18)33(31,32)27-14-12-24(30)26-13-8-9-22-17-29(28-21(22)4)23-10-6-5-7-11-23/h5-7,10-11,15-17,27H,8-9,12-14H2,1-4H3,(H,26,30). The molecule has 1 heterocycles. The Bertz CT molecular complexity index is 1190. The van der Waals surface area contributed by atoms with E-state index in [0.717, 1.165) is 35.3 Å². The zero-order valence-corrected chi connectivity index (χ0v) is 20.5. The average molecular weight is 469 g/mol. The number of hydrogen-bond acceptors (Lipinski definition) is 4. The van der Waals surface area contributed by atoms with Gasteiger partial charge in [0, 0.05) is 25.7 Å². The fraction of sp³-hybridized carbons (Fsp3) is 0.360. The van der Waals surface area contributed by atoms with Crippen molar-refractivity contribution in [3.8, 4) is 5.69 Å². The van der Waals surface area contributed by atoms with Crippen LogP contribution in [0.25, 0.3) is 5.69 Å². The summed E-state index contributed by atoms with van der Waals surface area (Å²) in [5, 5.41) is 7.43. The van der Waals surface area contributed by atoms with Gasteiger partial charge in [-0.3, -0.25) is 4.79 Å². The Labute approximate surface area is 196 Å². The third kappa shape index (κ3) is 6.52. The quantitative estimate of drug-likeness (QED) is 0.445. The van der Waals surface area contributed by atoms with Crippen molar-refractivity contribution < 1.29 is 13.2 Å². The molecule has 176 valence electrons. The summed E-state index contributed by atoms with van der Waals surface area (Å²) in [6.45, 7) is 8.07. The monoisotopic (exact) mass is 468 g/mol. The van der Waals surface area contributed by atoms with Gasteiger partial charge in [-0.2, -0.15) is 5.10 Å². The van der Waals surface area contributed by atoms with Crippen LogP contribution < -0.4 is 10.0 Å². The van der Waals surface area contributed by atoms with Crippen molar-refractivity contribution in [3.05, 3.63) is 76.6 Å².